The Hall–Kier alpha value is -2.67. The van der Waals surface area contributed by atoms with Crippen LogP contribution < -0.4 is 0 Å². The van der Waals surface area contributed by atoms with E-state index in [0.29, 0.717) is 37.4 Å². The molecule has 1 aliphatic heterocycles. The molecule has 2 fully saturated rings. The predicted octanol–water partition coefficient (Wildman–Crippen LogP) is 6.48. The lowest BCUT2D eigenvalue weighted by molar-refractivity contribution is -0.138. The van der Waals surface area contributed by atoms with E-state index in [1.54, 1.807) is 32.9 Å². The van der Waals surface area contributed by atoms with Gasteiger partial charge in [0.1, 0.15) is 11.9 Å². The highest BCUT2D eigenvalue weighted by atomic mass is 19.4. The first-order valence-electron chi connectivity index (χ1n) is 12.2. The number of esters is 1. The molecule has 188 valence electrons. The summed E-state index contributed by atoms with van der Waals surface area (Å²) in [7, 11) is 0. The van der Waals surface area contributed by atoms with E-state index in [-0.39, 0.29) is 23.4 Å². The quantitative estimate of drug-likeness (QED) is 0.400. The average Bonchev–Trinajstić information content (AvgIpc) is 3.54. The van der Waals surface area contributed by atoms with Gasteiger partial charge in [-0.1, -0.05) is 29.8 Å². The first-order valence-corrected chi connectivity index (χ1v) is 12.2. The zero-order valence-electron chi connectivity index (χ0n) is 20.4. The molecule has 2 aromatic rings. The van der Waals surface area contributed by atoms with E-state index in [9.17, 15) is 22.8 Å². The van der Waals surface area contributed by atoms with Gasteiger partial charge in [-0.3, -0.25) is 4.90 Å². The van der Waals surface area contributed by atoms with Gasteiger partial charge in [0.05, 0.1) is 11.1 Å². The van der Waals surface area contributed by atoms with E-state index in [1.165, 1.54) is 6.07 Å². The number of likely N-dealkylation sites (tertiary alicyclic amines) is 1. The molecular weight excluding hydrogens is 455 g/mol. The number of carbonyl (C=O) groups excluding carboxylic acids is 2. The van der Waals surface area contributed by atoms with Gasteiger partial charge in [0, 0.05) is 25.6 Å². The number of nitrogens with zero attached hydrogens (tertiary/aromatic N) is 1. The summed E-state index contributed by atoms with van der Waals surface area (Å²) in [5.41, 5.74) is 1.83. The number of alkyl halides is 3. The lowest BCUT2D eigenvalue weighted by atomic mass is 9.89. The van der Waals surface area contributed by atoms with E-state index in [2.05, 4.69) is 0 Å². The fraction of sp³-hybridized carbons (Fsp3) is 0.500. The minimum Gasteiger partial charge on any atom is -0.457 e. The summed E-state index contributed by atoms with van der Waals surface area (Å²) < 4.78 is 46.5. The highest BCUT2D eigenvalue weighted by molar-refractivity contribution is 5.89. The van der Waals surface area contributed by atoms with Crippen molar-refractivity contribution in [1.82, 2.24) is 4.90 Å². The Morgan fingerprint density at radius 1 is 1.11 bits per heavy atom. The molecule has 0 radical (unpaired) electrons. The van der Waals surface area contributed by atoms with Crippen molar-refractivity contribution in [2.75, 3.05) is 13.1 Å². The van der Waals surface area contributed by atoms with Gasteiger partial charge in [-0.05, 0) is 81.2 Å². The number of aryl methyl sites for hydroxylation is 1. The molecule has 1 saturated heterocycles. The van der Waals surface area contributed by atoms with E-state index < -0.39 is 23.8 Å². The molecule has 1 aliphatic carbocycles. The van der Waals surface area contributed by atoms with E-state index in [0.717, 1.165) is 30.0 Å². The monoisotopic (exact) mass is 487 g/mol. The molecule has 2 aliphatic rings. The van der Waals surface area contributed by atoms with Crippen molar-refractivity contribution in [2.24, 2.45) is 5.92 Å². The minimum absolute atomic E-state index is 0.125. The van der Waals surface area contributed by atoms with Gasteiger partial charge >= 0.3 is 12.1 Å². The summed E-state index contributed by atoms with van der Waals surface area (Å²) in [5.74, 6) is 0.311. The van der Waals surface area contributed by atoms with Gasteiger partial charge in [0.2, 0.25) is 0 Å². The fourth-order valence-electron chi connectivity index (χ4n) is 5.17. The molecule has 0 bridgehead atoms. The highest BCUT2D eigenvalue weighted by Crippen LogP contribution is 2.45. The second kappa shape index (κ2) is 10.1. The summed E-state index contributed by atoms with van der Waals surface area (Å²) in [6.45, 7) is 6.07. The highest BCUT2D eigenvalue weighted by Gasteiger charge is 2.38. The summed E-state index contributed by atoms with van der Waals surface area (Å²) in [6, 6.07) is 11.1. The van der Waals surface area contributed by atoms with Gasteiger partial charge < -0.3 is 9.53 Å². The maximum Gasteiger partial charge on any atom is 0.416 e. The Morgan fingerprint density at radius 2 is 1.86 bits per heavy atom. The SMILES string of the molecule is CC(=O)C[C@H](c1cccc(C(=O)O[C@@H]2CCN(C(C)c3cc(C)ccc3C(F)(F)F)C2)c1)C1CC1. The third-order valence-electron chi connectivity index (χ3n) is 7.21. The number of rotatable bonds is 8. The number of hydrogen-bond acceptors (Lipinski definition) is 4. The Kier molecular flexibility index (Phi) is 7.36. The summed E-state index contributed by atoms with van der Waals surface area (Å²) in [5, 5.41) is 0. The van der Waals surface area contributed by atoms with Gasteiger partial charge in [-0.2, -0.15) is 13.2 Å². The van der Waals surface area contributed by atoms with Crippen LogP contribution in [0.1, 0.15) is 84.1 Å². The summed E-state index contributed by atoms with van der Waals surface area (Å²) in [4.78, 5) is 26.6. The van der Waals surface area contributed by atoms with Crippen LogP contribution in [0.4, 0.5) is 13.2 Å². The van der Waals surface area contributed by atoms with Crippen LogP contribution in [0, 0.1) is 12.8 Å². The fourth-order valence-corrected chi connectivity index (χ4v) is 5.17. The van der Waals surface area contributed by atoms with Crippen LogP contribution in [0.5, 0.6) is 0 Å². The zero-order chi connectivity index (χ0) is 25.3. The van der Waals surface area contributed by atoms with Gasteiger partial charge in [0.15, 0.2) is 0 Å². The van der Waals surface area contributed by atoms with Crippen LogP contribution in [0.3, 0.4) is 0 Å². The van der Waals surface area contributed by atoms with Crippen molar-refractivity contribution < 1.29 is 27.5 Å². The molecule has 3 atom stereocenters. The Balaban J connectivity index is 1.42. The maximum atomic E-state index is 13.6. The first-order chi connectivity index (χ1) is 16.5. The van der Waals surface area contributed by atoms with E-state index in [4.69, 9.17) is 4.74 Å². The first kappa shape index (κ1) is 25.4. The number of benzene rings is 2. The van der Waals surface area contributed by atoms with Crippen molar-refractivity contribution >= 4 is 11.8 Å². The standard InChI is InChI=1S/C28H32F3NO3/c1-17-7-10-26(28(29,30)31)24(13-17)19(3)32-12-11-23(16-32)35-27(34)22-6-4-5-21(15-22)25(14-18(2)33)20-8-9-20/h4-7,10,13,15,19-20,23,25H,8-9,11-12,14,16H2,1-3H3/t19?,23-,25+/m1/s1. The molecule has 1 unspecified atom stereocenters. The third kappa shape index (κ3) is 6.13. The number of ether oxygens (including phenoxy) is 1. The number of Topliss-reactive ketones (excluding diaryl/α,β-unsaturated/α-hetero) is 1. The van der Waals surface area contributed by atoms with Crippen molar-refractivity contribution in [3.05, 3.63) is 70.3 Å². The van der Waals surface area contributed by atoms with Crippen LogP contribution in [0.2, 0.25) is 0 Å². The van der Waals surface area contributed by atoms with Crippen molar-refractivity contribution in [3.8, 4) is 0 Å². The van der Waals surface area contributed by atoms with Crippen LogP contribution in [0.25, 0.3) is 0 Å². The molecule has 0 amide bonds. The maximum absolute atomic E-state index is 13.6. The molecule has 7 heteroatoms. The molecule has 0 aromatic heterocycles. The number of carbonyl (C=O) groups is 2. The number of hydrogen-bond donors (Lipinski definition) is 0. The lowest BCUT2D eigenvalue weighted by Crippen LogP contribution is -2.29. The third-order valence-corrected chi connectivity index (χ3v) is 7.21. The topological polar surface area (TPSA) is 46.6 Å². The second-order valence-electron chi connectivity index (χ2n) is 10.1. The minimum atomic E-state index is -4.42. The number of halogens is 3. The van der Waals surface area contributed by atoms with E-state index >= 15 is 0 Å². The smallest absolute Gasteiger partial charge is 0.416 e. The Labute approximate surface area is 204 Å². The molecule has 2 aromatic carbocycles. The molecule has 4 rings (SSSR count). The second-order valence-corrected chi connectivity index (χ2v) is 10.1. The molecule has 1 heterocycles. The molecular formula is C28H32F3NO3. The van der Waals surface area contributed by atoms with E-state index in [1.807, 2.05) is 23.1 Å². The molecule has 0 spiro atoms. The lowest BCUT2D eigenvalue weighted by Gasteiger charge is -2.27. The largest absolute Gasteiger partial charge is 0.457 e. The Bertz CT molecular complexity index is 1090. The van der Waals surface area contributed by atoms with Crippen molar-refractivity contribution in [1.29, 1.82) is 0 Å². The van der Waals surface area contributed by atoms with Crippen LogP contribution >= 0.6 is 0 Å². The van der Waals surface area contributed by atoms with Crippen LogP contribution in [-0.2, 0) is 15.7 Å². The van der Waals surface area contributed by atoms with Crippen LogP contribution in [-0.4, -0.2) is 35.8 Å². The van der Waals surface area contributed by atoms with Gasteiger partial charge in [0.25, 0.3) is 0 Å². The van der Waals surface area contributed by atoms with Gasteiger partial charge in [-0.15, -0.1) is 0 Å². The average molecular weight is 488 g/mol. The zero-order valence-corrected chi connectivity index (χ0v) is 20.4. The molecule has 0 N–H and O–H groups in total. The predicted molar refractivity (Wildman–Crippen MR) is 127 cm³/mol. The molecule has 4 nitrogen and oxygen atoms in total. The normalized spacial score (nSPS) is 20.5. The van der Waals surface area contributed by atoms with Gasteiger partial charge in [-0.25, -0.2) is 4.79 Å². The van der Waals surface area contributed by atoms with Crippen molar-refractivity contribution in [3.63, 3.8) is 0 Å². The number of ketones is 1. The molecule has 1 saturated carbocycles. The van der Waals surface area contributed by atoms with Crippen LogP contribution in [0.15, 0.2) is 42.5 Å². The molecule has 35 heavy (non-hydrogen) atoms. The summed E-state index contributed by atoms with van der Waals surface area (Å²) in [6.07, 6.45) is -1.58. The van der Waals surface area contributed by atoms with Crippen molar-refractivity contribution in [2.45, 2.75) is 70.7 Å². The Morgan fingerprint density at radius 3 is 2.51 bits per heavy atom. The summed E-state index contributed by atoms with van der Waals surface area (Å²) >= 11 is 0.